The van der Waals surface area contributed by atoms with Crippen molar-refractivity contribution in [3.63, 3.8) is 0 Å². The average Bonchev–Trinajstić information content (AvgIpc) is 2.46. The van der Waals surface area contributed by atoms with Crippen molar-refractivity contribution in [2.75, 3.05) is 31.2 Å². The van der Waals surface area contributed by atoms with Crippen molar-refractivity contribution in [3.8, 4) is 0 Å². The molecule has 5 nitrogen and oxygen atoms in total. The smallest absolute Gasteiger partial charge is 0.338 e. The van der Waals surface area contributed by atoms with Gasteiger partial charge in [0.05, 0.1) is 24.9 Å². The third-order valence-corrected chi connectivity index (χ3v) is 3.21. The van der Waals surface area contributed by atoms with E-state index in [2.05, 4.69) is 4.90 Å². The Hall–Kier alpha value is -1.59. The monoisotopic (exact) mass is 293 g/mol. The minimum atomic E-state index is -0.492. The van der Waals surface area contributed by atoms with Gasteiger partial charge >= 0.3 is 5.97 Å². The lowest BCUT2D eigenvalue weighted by Crippen LogP contribution is -2.44. The number of esters is 1. The third-order valence-electron chi connectivity index (χ3n) is 3.21. The zero-order chi connectivity index (χ0) is 15.5. The van der Waals surface area contributed by atoms with Crippen LogP contribution in [0.25, 0.3) is 0 Å². The number of carbonyl (C=O) groups excluding carboxylic acids is 1. The predicted molar refractivity (Wildman–Crippen MR) is 80.6 cm³/mol. The maximum atomic E-state index is 12.0. The maximum Gasteiger partial charge on any atom is 0.338 e. The SMILES string of the molecule is CC(C)(C)OC(=O)c1ccc(N2CCO[C@H](CO)C2)cc1. The highest BCUT2D eigenvalue weighted by Crippen LogP contribution is 2.20. The molecule has 1 fully saturated rings. The number of benzene rings is 1. The molecule has 5 heteroatoms. The summed E-state index contributed by atoms with van der Waals surface area (Å²) in [4.78, 5) is 14.1. The number of aliphatic hydroxyl groups is 1. The highest BCUT2D eigenvalue weighted by Gasteiger charge is 2.21. The van der Waals surface area contributed by atoms with E-state index >= 15 is 0 Å². The Morgan fingerprint density at radius 3 is 2.62 bits per heavy atom. The van der Waals surface area contributed by atoms with Crippen LogP contribution in [0.15, 0.2) is 24.3 Å². The molecular formula is C16H23NO4. The summed E-state index contributed by atoms with van der Waals surface area (Å²) in [5, 5.41) is 9.17. The Morgan fingerprint density at radius 1 is 1.38 bits per heavy atom. The van der Waals surface area contributed by atoms with Crippen LogP contribution in [0.2, 0.25) is 0 Å². The van der Waals surface area contributed by atoms with Crippen LogP contribution in [-0.2, 0) is 9.47 Å². The Bertz CT molecular complexity index is 478. The first kappa shape index (κ1) is 15.8. The van der Waals surface area contributed by atoms with Crippen LogP contribution in [0.3, 0.4) is 0 Å². The van der Waals surface area contributed by atoms with Crippen LogP contribution < -0.4 is 4.90 Å². The summed E-state index contributed by atoms with van der Waals surface area (Å²) in [5.41, 5.74) is 1.07. The molecule has 0 aliphatic carbocycles. The summed E-state index contributed by atoms with van der Waals surface area (Å²) in [5.74, 6) is -0.315. The fourth-order valence-electron chi connectivity index (χ4n) is 2.21. The minimum absolute atomic E-state index is 0.0203. The van der Waals surface area contributed by atoms with E-state index in [1.165, 1.54) is 0 Å². The molecule has 1 aliphatic rings. The molecule has 1 saturated heterocycles. The molecule has 21 heavy (non-hydrogen) atoms. The van der Waals surface area contributed by atoms with E-state index in [0.717, 1.165) is 12.2 Å². The van der Waals surface area contributed by atoms with Gasteiger partial charge < -0.3 is 19.5 Å². The second-order valence-corrected chi connectivity index (χ2v) is 6.17. The first-order valence-corrected chi connectivity index (χ1v) is 7.20. The number of rotatable bonds is 3. The van der Waals surface area contributed by atoms with Gasteiger partial charge in [-0.15, -0.1) is 0 Å². The number of carbonyl (C=O) groups is 1. The van der Waals surface area contributed by atoms with Gasteiger partial charge in [0.15, 0.2) is 0 Å². The molecule has 116 valence electrons. The predicted octanol–water partition coefficient (Wildman–Crippen LogP) is 1.84. The molecule has 0 saturated carbocycles. The molecule has 0 aromatic heterocycles. The van der Waals surface area contributed by atoms with E-state index in [1.807, 2.05) is 32.9 Å². The summed E-state index contributed by atoms with van der Waals surface area (Å²) in [7, 11) is 0. The minimum Gasteiger partial charge on any atom is -0.456 e. The van der Waals surface area contributed by atoms with Crippen LogP contribution in [0.1, 0.15) is 31.1 Å². The summed E-state index contributed by atoms with van der Waals surface area (Å²) < 4.78 is 10.8. The van der Waals surface area contributed by atoms with Gasteiger partial charge in [-0.25, -0.2) is 4.79 Å². The zero-order valence-electron chi connectivity index (χ0n) is 12.8. The molecule has 0 radical (unpaired) electrons. The van der Waals surface area contributed by atoms with Gasteiger partial charge in [0.25, 0.3) is 0 Å². The quantitative estimate of drug-likeness (QED) is 0.862. The Kier molecular flexibility index (Phi) is 4.85. The van der Waals surface area contributed by atoms with Crippen molar-refractivity contribution in [2.45, 2.75) is 32.5 Å². The Balaban J connectivity index is 2.03. The van der Waals surface area contributed by atoms with Crippen molar-refractivity contribution in [1.29, 1.82) is 0 Å². The van der Waals surface area contributed by atoms with Crippen molar-refractivity contribution in [3.05, 3.63) is 29.8 Å². The zero-order valence-corrected chi connectivity index (χ0v) is 12.8. The van der Waals surface area contributed by atoms with Gasteiger partial charge in [-0.05, 0) is 45.0 Å². The summed E-state index contributed by atoms with van der Waals surface area (Å²) in [6.45, 7) is 7.60. The van der Waals surface area contributed by atoms with Gasteiger partial charge in [-0.1, -0.05) is 0 Å². The molecule has 0 unspecified atom stereocenters. The van der Waals surface area contributed by atoms with Gasteiger partial charge in [0.2, 0.25) is 0 Å². The normalized spacial score (nSPS) is 19.4. The molecule has 1 aromatic carbocycles. The van der Waals surface area contributed by atoms with Crippen molar-refractivity contribution in [1.82, 2.24) is 0 Å². The molecule has 0 spiro atoms. The molecule has 1 aliphatic heterocycles. The fraction of sp³-hybridized carbons (Fsp3) is 0.562. The highest BCUT2D eigenvalue weighted by atomic mass is 16.6. The lowest BCUT2D eigenvalue weighted by Gasteiger charge is -2.33. The number of hydrogen-bond acceptors (Lipinski definition) is 5. The third kappa shape index (κ3) is 4.44. The van der Waals surface area contributed by atoms with Crippen LogP contribution in [0.5, 0.6) is 0 Å². The van der Waals surface area contributed by atoms with E-state index in [0.29, 0.717) is 18.7 Å². The van der Waals surface area contributed by atoms with Gasteiger partial charge in [0, 0.05) is 18.8 Å². The molecule has 1 aromatic rings. The number of hydrogen-bond donors (Lipinski definition) is 1. The largest absolute Gasteiger partial charge is 0.456 e. The summed E-state index contributed by atoms with van der Waals surface area (Å²) >= 11 is 0. The van der Waals surface area contributed by atoms with Gasteiger partial charge in [-0.2, -0.15) is 0 Å². The first-order valence-electron chi connectivity index (χ1n) is 7.20. The Labute approximate surface area is 125 Å². The summed E-state index contributed by atoms with van der Waals surface area (Å²) in [6.07, 6.45) is -0.149. The fourth-order valence-corrected chi connectivity index (χ4v) is 2.21. The van der Waals surface area contributed by atoms with Gasteiger partial charge in [-0.3, -0.25) is 0 Å². The number of nitrogens with zero attached hydrogens (tertiary/aromatic N) is 1. The molecule has 2 rings (SSSR count). The van der Waals surface area contributed by atoms with Crippen molar-refractivity contribution < 1.29 is 19.4 Å². The molecular weight excluding hydrogens is 270 g/mol. The molecule has 1 atom stereocenters. The lowest BCUT2D eigenvalue weighted by atomic mass is 10.1. The lowest BCUT2D eigenvalue weighted by molar-refractivity contribution is 0.00351. The van der Waals surface area contributed by atoms with Crippen molar-refractivity contribution in [2.24, 2.45) is 0 Å². The first-order chi connectivity index (χ1) is 9.89. The second-order valence-electron chi connectivity index (χ2n) is 6.17. The number of morpholine rings is 1. The second kappa shape index (κ2) is 6.45. The standard InChI is InChI=1S/C16H23NO4/c1-16(2,3)21-15(19)12-4-6-13(7-5-12)17-8-9-20-14(10-17)11-18/h4-7,14,18H,8-11H2,1-3H3/t14-/m0/s1. The van der Waals surface area contributed by atoms with Crippen LogP contribution >= 0.6 is 0 Å². The van der Waals surface area contributed by atoms with Crippen LogP contribution in [0.4, 0.5) is 5.69 Å². The van der Waals surface area contributed by atoms with E-state index < -0.39 is 5.60 Å². The van der Waals surface area contributed by atoms with E-state index in [4.69, 9.17) is 14.6 Å². The number of anilines is 1. The van der Waals surface area contributed by atoms with Crippen LogP contribution in [-0.4, -0.2) is 49.1 Å². The Morgan fingerprint density at radius 2 is 2.05 bits per heavy atom. The number of ether oxygens (including phenoxy) is 2. The highest BCUT2D eigenvalue weighted by molar-refractivity contribution is 5.90. The van der Waals surface area contributed by atoms with Crippen LogP contribution in [0, 0.1) is 0 Å². The topological polar surface area (TPSA) is 59.0 Å². The molecule has 0 amide bonds. The average molecular weight is 293 g/mol. The molecule has 0 bridgehead atoms. The van der Waals surface area contributed by atoms with Gasteiger partial charge in [0.1, 0.15) is 5.60 Å². The molecule has 1 heterocycles. The van der Waals surface area contributed by atoms with Crippen molar-refractivity contribution >= 4 is 11.7 Å². The summed E-state index contributed by atoms with van der Waals surface area (Å²) in [6, 6.07) is 7.34. The van der Waals surface area contributed by atoms with E-state index in [-0.39, 0.29) is 18.7 Å². The maximum absolute atomic E-state index is 12.0. The molecule has 1 N–H and O–H groups in total. The van der Waals surface area contributed by atoms with E-state index in [9.17, 15) is 4.79 Å². The van der Waals surface area contributed by atoms with E-state index in [1.54, 1.807) is 12.1 Å². The number of aliphatic hydroxyl groups excluding tert-OH is 1.